The first-order chi connectivity index (χ1) is 18.1. The SMILES string of the molecule is N#Cc1cnn(-c2ccc(C(=O)Nc3ccc(CN4CCN(Cc5ccccc5)CC4)cc3)cc2)c1N. The van der Waals surface area contributed by atoms with Gasteiger partial charge in [0, 0.05) is 50.5 Å². The molecule has 0 saturated carbocycles. The quantitative estimate of drug-likeness (QED) is 0.407. The zero-order valence-corrected chi connectivity index (χ0v) is 20.5. The molecule has 1 aliphatic heterocycles. The second-order valence-electron chi connectivity index (χ2n) is 9.20. The van der Waals surface area contributed by atoms with Crippen molar-refractivity contribution < 1.29 is 4.79 Å². The van der Waals surface area contributed by atoms with E-state index in [9.17, 15) is 4.79 Å². The van der Waals surface area contributed by atoms with Crippen LogP contribution in [0.4, 0.5) is 11.5 Å². The third kappa shape index (κ3) is 5.86. The lowest BCUT2D eigenvalue weighted by Crippen LogP contribution is -2.45. The van der Waals surface area contributed by atoms with Crippen molar-refractivity contribution >= 4 is 17.4 Å². The first-order valence-electron chi connectivity index (χ1n) is 12.3. The second kappa shape index (κ2) is 11.1. The zero-order chi connectivity index (χ0) is 25.6. The number of piperazine rings is 1. The molecule has 3 N–H and O–H groups in total. The Morgan fingerprint density at radius 1 is 0.865 bits per heavy atom. The Hall–Kier alpha value is -4.45. The number of nitrogen functional groups attached to an aromatic ring is 1. The van der Waals surface area contributed by atoms with Crippen LogP contribution in [0.3, 0.4) is 0 Å². The van der Waals surface area contributed by atoms with Crippen molar-refractivity contribution in [3.63, 3.8) is 0 Å². The van der Waals surface area contributed by atoms with Crippen LogP contribution in [0.2, 0.25) is 0 Å². The highest BCUT2D eigenvalue weighted by Gasteiger charge is 2.17. The van der Waals surface area contributed by atoms with Crippen LogP contribution in [0.15, 0.2) is 85.1 Å². The molecule has 0 atom stereocenters. The number of anilines is 2. The summed E-state index contributed by atoms with van der Waals surface area (Å²) in [6.07, 6.45) is 1.42. The van der Waals surface area contributed by atoms with Crippen molar-refractivity contribution in [1.82, 2.24) is 19.6 Å². The number of rotatable bonds is 7. The van der Waals surface area contributed by atoms with E-state index in [4.69, 9.17) is 11.0 Å². The smallest absolute Gasteiger partial charge is 0.255 e. The van der Waals surface area contributed by atoms with E-state index in [-0.39, 0.29) is 11.7 Å². The number of aromatic nitrogens is 2. The lowest BCUT2D eigenvalue weighted by Gasteiger charge is -2.34. The van der Waals surface area contributed by atoms with Gasteiger partial charge in [-0.25, -0.2) is 4.68 Å². The predicted molar refractivity (Wildman–Crippen MR) is 144 cm³/mol. The van der Waals surface area contributed by atoms with Crippen LogP contribution in [0.25, 0.3) is 5.69 Å². The van der Waals surface area contributed by atoms with E-state index in [1.807, 2.05) is 18.2 Å². The highest BCUT2D eigenvalue weighted by atomic mass is 16.1. The lowest BCUT2D eigenvalue weighted by molar-refractivity contribution is 0.102. The summed E-state index contributed by atoms with van der Waals surface area (Å²) in [7, 11) is 0. The summed E-state index contributed by atoms with van der Waals surface area (Å²) in [6, 6.07) is 27.6. The molecule has 5 rings (SSSR count). The first kappa shape index (κ1) is 24.3. The van der Waals surface area contributed by atoms with E-state index in [2.05, 4.69) is 62.7 Å². The molecule has 0 spiro atoms. The molecule has 0 unspecified atom stereocenters. The van der Waals surface area contributed by atoms with Crippen molar-refractivity contribution in [3.05, 3.63) is 107 Å². The summed E-state index contributed by atoms with van der Waals surface area (Å²) in [5, 5.41) is 16.1. The van der Waals surface area contributed by atoms with Crippen LogP contribution < -0.4 is 11.1 Å². The van der Waals surface area contributed by atoms with Crippen molar-refractivity contribution in [2.45, 2.75) is 13.1 Å². The molecular formula is C29H29N7O. The summed E-state index contributed by atoms with van der Waals surface area (Å²) in [5.41, 5.74) is 10.8. The van der Waals surface area contributed by atoms with Crippen LogP contribution >= 0.6 is 0 Å². The van der Waals surface area contributed by atoms with Gasteiger partial charge < -0.3 is 11.1 Å². The van der Waals surface area contributed by atoms with E-state index in [0.717, 1.165) is 45.0 Å². The lowest BCUT2D eigenvalue weighted by atomic mass is 10.1. The number of carbonyl (C=O) groups is 1. The van der Waals surface area contributed by atoms with E-state index in [0.29, 0.717) is 16.8 Å². The number of nitrogens with zero attached hydrogens (tertiary/aromatic N) is 5. The van der Waals surface area contributed by atoms with Crippen molar-refractivity contribution in [2.75, 3.05) is 37.2 Å². The molecule has 8 nitrogen and oxygen atoms in total. The van der Waals surface area contributed by atoms with E-state index in [1.54, 1.807) is 24.3 Å². The molecule has 0 aliphatic carbocycles. The molecule has 1 aromatic heterocycles. The summed E-state index contributed by atoms with van der Waals surface area (Å²) >= 11 is 0. The number of benzene rings is 3. The van der Waals surface area contributed by atoms with Crippen LogP contribution in [-0.4, -0.2) is 51.7 Å². The van der Waals surface area contributed by atoms with Gasteiger partial charge in [0.25, 0.3) is 5.91 Å². The van der Waals surface area contributed by atoms with E-state index >= 15 is 0 Å². The average molecular weight is 492 g/mol. The molecule has 4 aromatic rings. The van der Waals surface area contributed by atoms with Gasteiger partial charge in [-0.05, 0) is 47.5 Å². The Morgan fingerprint density at radius 2 is 1.46 bits per heavy atom. The Kier molecular flexibility index (Phi) is 7.26. The number of nitriles is 1. The monoisotopic (exact) mass is 491 g/mol. The second-order valence-corrected chi connectivity index (χ2v) is 9.20. The fourth-order valence-corrected chi connectivity index (χ4v) is 4.51. The van der Waals surface area contributed by atoms with Crippen molar-refractivity contribution in [3.8, 4) is 11.8 Å². The predicted octanol–water partition coefficient (Wildman–Crippen LogP) is 3.90. The summed E-state index contributed by atoms with van der Waals surface area (Å²) in [4.78, 5) is 17.7. The highest BCUT2D eigenvalue weighted by Crippen LogP contribution is 2.18. The molecule has 37 heavy (non-hydrogen) atoms. The molecule has 0 radical (unpaired) electrons. The summed E-state index contributed by atoms with van der Waals surface area (Å²) in [5.74, 6) is 0.0776. The topological polar surface area (TPSA) is 103 Å². The van der Waals surface area contributed by atoms with Crippen LogP contribution in [0.1, 0.15) is 27.0 Å². The molecule has 2 heterocycles. The molecular weight excluding hydrogens is 462 g/mol. The van der Waals surface area contributed by atoms with E-state index < -0.39 is 0 Å². The Labute approximate surface area is 216 Å². The minimum absolute atomic E-state index is 0.194. The number of nitrogens with two attached hydrogens (primary N) is 1. The molecule has 1 fully saturated rings. The summed E-state index contributed by atoms with van der Waals surface area (Å²) in [6.45, 7) is 6.12. The third-order valence-electron chi connectivity index (χ3n) is 6.63. The van der Waals surface area contributed by atoms with Gasteiger partial charge in [-0.2, -0.15) is 10.4 Å². The number of hydrogen-bond donors (Lipinski definition) is 2. The standard InChI is InChI=1S/C29H29N7O/c30-18-25-19-32-36(28(25)31)27-12-8-24(9-13-27)29(37)33-26-10-6-23(7-11-26)21-35-16-14-34(15-17-35)20-22-4-2-1-3-5-22/h1-13,19H,14-17,20-21,31H2,(H,33,37). The van der Waals surface area contributed by atoms with Gasteiger partial charge in [0.05, 0.1) is 11.9 Å². The molecule has 8 heteroatoms. The van der Waals surface area contributed by atoms with Crippen LogP contribution in [0, 0.1) is 11.3 Å². The van der Waals surface area contributed by atoms with Gasteiger partial charge in [0.2, 0.25) is 0 Å². The number of hydrogen-bond acceptors (Lipinski definition) is 6. The fourth-order valence-electron chi connectivity index (χ4n) is 4.51. The molecule has 186 valence electrons. The van der Waals surface area contributed by atoms with Crippen molar-refractivity contribution in [1.29, 1.82) is 5.26 Å². The highest BCUT2D eigenvalue weighted by molar-refractivity contribution is 6.04. The minimum atomic E-state index is -0.194. The van der Waals surface area contributed by atoms with Gasteiger partial charge in [-0.3, -0.25) is 14.6 Å². The Balaban J connectivity index is 1.11. The van der Waals surface area contributed by atoms with E-state index in [1.165, 1.54) is 22.0 Å². The number of carbonyl (C=O) groups excluding carboxylic acids is 1. The van der Waals surface area contributed by atoms with Crippen molar-refractivity contribution in [2.24, 2.45) is 0 Å². The molecule has 1 aliphatic rings. The Bertz CT molecular complexity index is 1380. The molecule has 0 bridgehead atoms. The maximum atomic E-state index is 12.7. The van der Waals surface area contributed by atoms with Gasteiger partial charge in [-0.1, -0.05) is 42.5 Å². The fraction of sp³-hybridized carbons (Fsp3) is 0.207. The van der Waals surface area contributed by atoms with Gasteiger partial charge in [0.1, 0.15) is 17.5 Å². The maximum Gasteiger partial charge on any atom is 0.255 e. The average Bonchev–Trinajstić information content (AvgIpc) is 3.31. The minimum Gasteiger partial charge on any atom is -0.382 e. The molecule has 1 amide bonds. The Morgan fingerprint density at radius 3 is 2.03 bits per heavy atom. The number of amides is 1. The van der Waals surface area contributed by atoms with Gasteiger partial charge in [0.15, 0.2) is 0 Å². The van der Waals surface area contributed by atoms with Crippen LogP contribution in [-0.2, 0) is 13.1 Å². The third-order valence-corrected chi connectivity index (χ3v) is 6.63. The molecule has 3 aromatic carbocycles. The van der Waals surface area contributed by atoms with Crippen LogP contribution in [0.5, 0.6) is 0 Å². The maximum absolute atomic E-state index is 12.7. The van der Waals surface area contributed by atoms with Gasteiger partial charge >= 0.3 is 0 Å². The number of nitrogens with one attached hydrogen (secondary N) is 1. The molecule has 1 saturated heterocycles. The largest absolute Gasteiger partial charge is 0.382 e. The normalized spacial score (nSPS) is 14.2. The van der Waals surface area contributed by atoms with Gasteiger partial charge in [-0.15, -0.1) is 0 Å². The first-order valence-corrected chi connectivity index (χ1v) is 12.3. The zero-order valence-electron chi connectivity index (χ0n) is 20.5. The summed E-state index contributed by atoms with van der Waals surface area (Å²) < 4.78 is 1.47.